The maximum Gasteiger partial charge on any atom is 0.128 e. The van der Waals surface area contributed by atoms with Crippen molar-refractivity contribution in [2.24, 2.45) is 0 Å². The lowest BCUT2D eigenvalue weighted by atomic mass is 9.86. The molecule has 1 unspecified atom stereocenters. The van der Waals surface area contributed by atoms with Crippen LogP contribution in [0.4, 0.5) is 11.5 Å². The molecule has 5 rings (SSSR count). The average molecular weight is 385 g/mol. The Morgan fingerprint density at radius 1 is 0.828 bits per heavy atom. The van der Waals surface area contributed by atoms with Crippen molar-refractivity contribution in [2.45, 2.75) is 18.9 Å². The zero-order chi connectivity index (χ0) is 19.5. The monoisotopic (exact) mass is 384 g/mol. The summed E-state index contributed by atoms with van der Waals surface area (Å²) >= 11 is 0. The number of aromatic nitrogens is 1. The van der Waals surface area contributed by atoms with Crippen LogP contribution in [0.25, 0.3) is 0 Å². The lowest BCUT2D eigenvalue weighted by Gasteiger charge is -2.37. The van der Waals surface area contributed by atoms with E-state index >= 15 is 0 Å². The standard InChI is InChI=1S/C25H28N4/c1-2-6-20(7-3-1)24-11-13-26-19-21-18-22(9-10-23(21)24)28-14-16-29(17-15-28)25-8-4-5-12-27-25/h1-10,12,18,24,26H,11,13-17,19H2. The molecule has 2 aromatic carbocycles. The fourth-order valence-electron chi connectivity index (χ4n) is 4.67. The van der Waals surface area contributed by atoms with E-state index in [0.717, 1.165) is 51.5 Å². The molecule has 4 heteroatoms. The number of anilines is 2. The number of nitrogens with one attached hydrogen (secondary N) is 1. The summed E-state index contributed by atoms with van der Waals surface area (Å²) in [4.78, 5) is 9.40. The summed E-state index contributed by atoms with van der Waals surface area (Å²) in [5, 5.41) is 3.63. The summed E-state index contributed by atoms with van der Waals surface area (Å²) in [6, 6.07) is 24.2. The van der Waals surface area contributed by atoms with E-state index in [1.54, 1.807) is 0 Å². The molecule has 4 nitrogen and oxygen atoms in total. The predicted octanol–water partition coefficient (Wildman–Crippen LogP) is 4.03. The summed E-state index contributed by atoms with van der Waals surface area (Å²) in [5.74, 6) is 1.57. The first-order valence-corrected chi connectivity index (χ1v) is 10.7. The lowest BCUT2D eigenvalue weighted by molar-refractivity contribution is 0.645. The Labute approximate surface area is 173 Å². The second kappa shape index (κ2) is 8.26. The number of benzene rings is 2. The third-order valence-electron chi connectivity index (χ3n) is 6.25. The number of hydrogen-bond acceptors (Lipinski definition) is 4. The molecule has 2 aliphatic heterocycles. The van der Waals surface area contributed by atoms with Gasteiger partial charge in [0.15, 0.2) is 0 Å². The summed E-state index contributed by atoms with van der Waals surface area (Å²) in [6.45, 7) is 6.11. The molecule has 148 valence electrons. The molecule has 0 bridgehead atoms. The first-order chi connectivity index (χ1) is 14.4. The molecular formula is C25H28N4. The van der Waals surface area contributed by atoms with Gasteiger partial charge in [0.25, 0.3) is 0 Å². The van der Waals surface area contributed by atoms with E-state index in [0.29, 0.717) is 5.92 Å². The van der Waals surface area contributed by atoms with E-state index < -0.39 is 0 Å². The minimum Gasteiger partial charge on any atom is -0.368 e. The van der Waals surface area contributed by atoms with Crippen molar-refractivity contribution in [3.8, 4) is 0 Å². The van der Waals surface area contributed by atoms with E-state index in [-0.39, 0.29) is 0 Å². The molecule has 29 heavy (non-hydrogen) atoms. The number of rotatable bonds is 3. The molecule has 1 fully saturated rings. The third-order valence-corrected chi connectivity index (χ3v) is 6.25. The molecule has 0 saturated carbocycles. The van der Waals surface area contributed by atoms with Gasteiger partial charge in [0.2, 0.25) is 0 Å². The van der Waals surface area contributed by atoms with Crippen LogP contribution in [-0.2, 0) is 6.54 Å². The number of fused-ring (bicyclic) bond motifs is 1. The molecule has 0 aliphatic carbocycles. The van der Waals surface area contributed by atoms with Crippen LogP contribution >= 0.6 is 0 Å². The van der Waals surface area contributed by atoms with Crippen molar-refractivity contribution >= 4 is 11.5 Å². The predicted molar refractivity (Wildman–Crippen MR) is 120 cm³/mol. The highest BCUT2D eigenvalue weighted by molar-refractivity contribution is 5.55. The Morgan fingerprint density at radius 3 is 2.41 bits per heavy atom. The summed E-state index contributed by atoms with van der Waals surface area (Å²) in [5.41, 5.74) is 5.70. The van der Waals surface area contributed by atoms with E-state index in [1.807, 2.05) is 12.3 Å². The normalized spacial score (nSPS) is 19.5. The van der Waals surface area contributed by atoms with E-state index in [9.17, 15) is 0 Å². The number of nitrogens with zero attached hydrogens (tertiary/aromatic N) is 3. The van der Waals surface area contributed by atoms with Crippen LogP contribution in [0.2, 0.25) is 0 Å². The minimum atomic E-state index is 0.483. The molecule has 0 amide bonds. The highest BCUT2D eigenvalue weighted by Crippen LogP contribution is 2.34. The molecule has 0 radical (unpaired) electrons. The third kappa shape index (κ3) is 3.85. The van der Waals surface area contributed by atoms with Crippen molar-refractivity contribution in [2.75, 3.05) is 42.5 Å². The second-order valence-corrected chi connectivity index (χ2v) is 7.97. The smallest absolute Gasteiger partial charge is 0.128 e. The number of pyridine rings is 1. The summed E-state index contributed by atoms with van der Waals surface area (Å²) < 4.78 is 0. The molecule has 1 aromatic heterocycles. The zero-order valence-corrected chi connectivity index (χ0v) is 16.8. The summed E-state index contributed by atoms with van der Waals surface area (Å²) in [7, 11) is 0. The van der Waals surface area contributed by atoms with Crippen LogP contribution in [0.15, 0.2) is 72.9 Å². The second-order valence-electron chi connectivity index (χ2n) is 7.97. The van der Waals surface area contributed by atoms with Crippen molar-refractivity contribution in [3.05, 3.63) is 89.6 Å². The van der Waals surface area contributed by atoms with Gasteiger partial charge >= 0.3 is 0 Å². The van der Waals surface area contributed by atoms with Crippen LogP contribution in [0.5, 0.6) is 0 Å². The highest BCUT2D eigenvalue weighted by atomic mass is 15.3. The molecule has 1 N–H and O–H groups in total. The Morgan fingerprint density at radius 2 is 1.62 bits per heavy atom. The average Bonchev–Trinajstić information content (AvgIpc) is 3.02. The van der Waals surface area contributed by atoms with Crippen LogP contribution in [0.1, 0.15) is 29.0 Å². The Balaban J connectivity index is 1.35. The van der Waals surface area contributed by atoms with Gasteiger partial charge in [-0.1, -0.05) is 42.5 Å². The largest absolute Gasteiger partial charge is 0.368 e. The van der Waals surface area contributed by atoms with Gasteiger partial charge in [-0.15, -0.1) is 0 Å². The van der Waals surface area contributed by atoms with Gasteiger partial charge in [-0.3, -0.25) is 0 Å². The van der Waals surface area contributed by atoms with Crippen molar-refractivity contribution in [1.82, 2.24) is 10.3 Å². The SMILES string of the molecule is c1ccc(C2CCNCc3cc(N4CCN(c5ccccn5)CC4)ccc32)cc1. The molecule has 3 heterocycles. The fourth-order valence-corrected chi connectivity index (χ4v) is 4.67. The van der Waals surface area contributed by atoms with Gasteiger partial charge in [-0.05, 0) is 53.9 Å². The van der Waals surface area contributed by atoms with Crippen molar-refractivity contribution in [3.63, 3.8) is 0 Å². The highest BCUT2D eigenvalue weighted by Gasteiger charge is 2.23. The van der Waals surface area contributed by atoms with Crippen LogP contribution < -0.4 is 15.1 Å². The van der Waals surface area contributed by atoms with Gasteiger partial charge in [0.1, 0.15) is 5.82 Å². The van der Waals surface area contributed by atoms with Crippen molar-refractivity contribution < 1.29 is 0 Å². The minimum absolute atomic E-state index is 0.483. The van der Waals surface area contributed by atoms with E-state index in [1.165, 1.54) is 22.4 Å². The first kappa shape index (κ1) is 18.2. The van der Waals surface area contributed by atoms with Gasteiger partial charge < -0.3 is 15.1 Å². The zero-order valence-electron chi connectivity index (χ0n) is 16.8. The Bertz CT molecular complexity index is 934. The van der Waals surface area contributed by atoms with Crippen LogP contribution in [0, 0.1) is 0 Å². The fraction of sp³-hybridized carbons (Fsp3) is 0.320. The Hall–Kier alpha value is -2.85. The van der Waals surface area contributed by atoms with Gasteiger partial charge in [-0.25, -0.2) is 4.98 Å². The van der Waals surface area contributed by atoms with E-state index in [4.69, 9.17) is 0 Å². The maximum atomic E-state index is 4.50. The number of hydrogen-bond donors (Lipinski definition) is 1. The molecule has 3 aromatic rings. The van der Waals surface area contributed by atoms with Crippen molar-refractivity contribution in [1.29, 1.82) is 0 Å². The quantitative estimate of drug-likeness (QED) is 0.739. The van der Waals surface area contributed by atoms with Crippen LogP contribution in [-0.4, -0.2) is 37.7 Å². The number of piperazine rings is 1. The Kier molecular flexibility index (Phi) is 5.18. The lowest BCUT2D eigenvalue weighted by Crippen LogP contribution is -2.46. The molecule has 1 atom stereocenters. The first-order valence-electron chi connectivity index (χ1n) is 10.7. The molecular weight excluding hydrogens is 356 g/mol. The molecule has 0 spiro atoms. The van der Waals surface area contributed by atoms with Gasteiger partial charge in [-0.2, -0.15) is 0 Å². The topological polar surface area (TPSA) is 31.4 Å². The maximum absolute atomic E-state index is 4.50. The van der Waals surface area contributed by atoms with Crippen LogP contribution in [0.3, 0.4) is 0 Å². The molecule has 2 aliphatic rings. The summed E-state index contributed by atoms with van der Waals surface area (Å²) in [6.07, 6.45) is 3.03. The van der Waals surface area contributed by atoms with E-state index in [2.05, 4.69) is 80.8 Å². The molecule has 1 saturated heterocycles. The van der Waals surface area contributed by atoms with Gasteiger partial charge in [0.05, 0.1) is 0 Å². The van der Waals surface area contributed by atoms with Gasteiger partial charge in [0, 0.05) is 50.5 Å².